The van der Waals surface area contributed by atoms with Crippen molar-refractivity contribution < 1.29 is 18.3 Å². The van der Waals surface area contributed by atoms with Crippen LogP contribution in [0, 0.1) is 0 Å². The lowest BCUT2D eigenvalue weighted by Crippen LogP contribution is -2.06. The SMILES string of the molecule is CCOc1ccc(-c2ccccc2)c(NP(=O)(OCC)OCC)c1. The minimum Gasteiger partial charge on any atom is -0.494 e. The summed E-state index contributed by atoms with van der Waals surface area (Å²) in [4.78, 5) is 0. The fourth-order valence-electron chi connectivity index (χ4n) is 2.33. The first-order chi connectivity index (χ1) is 11.6. The van der Waals surface area contributed by atoms with Crippen molar-refractivity contribution in [2.24, 2.45) is 0 Å². The van der Waals surface area contributed by atoms with Crippen LogP contribution in [-0.2, 0) is 13.6 Å². The topological polar surface area (TPSA) is 56.8 Å². The van der Waals surface area contributed by atoms with Crippen molar-refractivity contribution in [2.75, 3.05) is 24.9 Å². The summed E-state index contributed by atoms with van der Waals surface area (Å²) in [7, 11) is -3.43. The molecule has 1 N–H and O–H groups in total. The first-order valence-electron chi connectivity index (χ1n) is 8.11. The van der Waals surface area contributed by atoms with Gasteiger partial charge >= 0.3 is 7.75 Å². The number of rotatable bonds is 9. The van der Waals surface area contributed by atoms with Gasteiger partial charge in [-0.25, -0.2) is 4.57 Å². The minimum absolute atomic E-state index is 0.288. The molecule has 0 amide bonds. The van der Waals surface area contributed by atoms with Crippen LogP contribution in [0.1, 0.15) is 20.8 Å². The number of ether oxygens (including phenoxy) is 1. The first-order valence-corrected chi connectivity index (χ1v) is 9.65. The third kappa shape index (κ3) is 4.84. The molecule has 0 aliphatic rings. The van der Waals surface area contributed by atoms with Crippen LogP contribution in [0.4, 0.5) is 5.69 Å². The summed E-state index contributed by atoms with van der Waals surface area (Å²) in [6.45, 7) is 6.61. The maximum Gasteiger partial charge on any atom is 0.432 e. The van der Waals surface area contributed by atoms with Gasteiger partial charge in [0, 0.05) is 11.6 Å². The number of nitrogens with one attached hydrogen (secondary N) is 1. The molecule has 130 valence electrons. The van der Waals surface area contributed by atoms with Crippen molar-refractivity contribution in [3.8, 4) is 16.9 Å². The summed E-state index contributed by atoms with van der Waals surface area (Å²) < 4.78 is 29.1. The van der Waals surface area contributed by atoms with E-state index in [0.717, 1.165) is 11.1 Å². The van der Waals surface area contributed by atoms with E-state index in [-0.39, 0.29) is 13.2 Å². The van der Waals surface area contributed by atoms with Crippen molar-refractivity contribution in [1.29, 1.82) is 0 Å². The molecule has 0 aliphatic carbocycles. The van der Waals surface area contributed by atoms with E-state index in [0.29, 0.717) is 18.0 Å². The zero-order chi connectivity index (χ0) is 17.4. The monoisotopic (exact) mass is 349 g/mol. The number of hydrogen-bond donors (Lipinski definition) is 1. The predicted octanol–water partition coefficient (Wildman–Crippen LogP) is 5.35. The Morgan fingerprint density at radius 2 is 1.58 bits per heavy atom. The largest absolute Gasteiger partial charge is 0.494 e. The highest BCUT2D eigenvalue weighted by atomic mass is 31.2. The number of hydrogen-bond acceptors (Lipinski definition) is 4. The van der Waals surface area contributed by atoms with Crippen LogP contribution in [0.3, 0.4) is 0 Å². The normalized spacial score (nSPS) is 11.3. The van der Waals surface area contributed by atoms with Gasteiger partial charge in [0.15, 0.2) is 0 Å². The van der Waals surface area contributed by atoms with Crippen LogP contribution in [0.25, 0.3) is 11.1 Å². The van der Waals surface area contributed by atoms with Gasteiger partial charge in [0.1, 0.15) is 5.75 Å². The third-order valence-corrected chi connectivity index (χ3v) is 4.95. The molecule has 0 bridgehead atoms. The van der Waals surface area contributed by atoms with Crippen LogP contribution in [-0.4, -0.2) is 19.8 Å². The fourth-order valence-corrected chi connectivity index (χ4v) is 3.69. The molecule has 0 fully saturated rings. The fraction of sp³-hybridized carbons (Fsp3) is 0.333. The van der Waals surface area contributed by atoms with Gasteiger partial charge in [0.05, 0.1) is 25.5 Å². The lowest BCUT2D eigenvalue weighted by molar-refractivity contribution is 0.225. The summed E-state index contributed by atoms with van der Waals surface area (Å²) in [6, 6.07) is 15.5. The third-order valence-electron chi connectivity index (χ3n) is 3.24. The van der Waals surface area contributed by atoms with Crippen molar-refractivity contribution in [2.45, 2.75) is 20.8 Å². The van der Waals surface area contributed by atoms with Gasteiger partial charge in [-0.3, -0.25) is 14.1 Å². The summed E-state index contributed by atoms with van der Waals surface area (Å²) in [5.41, 5.74) is 2.55. The second kappa shape index (κ2) is 8.88. The van der Waals surface area contributed by atoms with E-state index < -0.39 is 7.75 Å². The molecule has 0 unspecified atom stereocenters. The molecule has 2 aromatic carbocycles. The smallest absolute Gasteiger partial charge is 0.432 e. The molecular weight excluding hydrogens is 325 g/mol. The quantitative estimate of drug-likeness (QED) is 0.619. The van der Waals surface area contributed by atoms with Gasteiger partial charge in [-0.2, -0.15) is 0 Å². The van der Waals surface area contributed by atoms with Crippen LogP contribution in [0.2, 0.25) is 0 Å². The standard InChI is InChI=1S/C18H24NO4P/c1-4-21-16-12-13-17(15-10-8-7-9-11-15)18(14-16)19-24(20,22-5-2)23-6-3/h7-14H,4-6H2,1-3H3,(H,19,20). The maximum absolute atomic E-state index is 12.8. The van der Waals surface area contributed by atoms with Crippen LogP contribution >= 0.6 is 7.75 Å². The Kier molecular flexibility index (Phi) is 6.85. The molecule has 2 rings (SSSR count). The first kappa shape index (κ1) is 18.5. The Morgan fingerprint density at radius 3 is 2.17 bits per heavy atom. The van der Waals surface area contributed by atoms with Gasteiger partial charge in [-0.05, 0) is 38.5 Å². The summed E-state index contributed by atoms with van der Waals surface area (Å²) >= 11 is 0. The summed E-state index contributed by atoms with van der Waals surface area (Å²) in [6.07, 6.45) is 0. The maximum atomic E-state index is 12.8. The Hall–Kier alpha value is -1.81. The van der Waals surface area contributed by atoms with Crippen molar-refractivity contribution in [1.82, 2.24) is 0 Å². The molecular formula is C18H24NO4P. The van der Waals surface area contributed by atoms with Gasteiger partial charge < -0.3 is 4.74 Å². The highest BCUT2D eigenvalue weighted by Crippen LogP contribution is 2.50. The Morgan fingerprint density at radius 1 is 0.917 bits per heavy atom. The number of benzene rings is 2. The zero-order valence-electron chi connectivity index (χ0n) is 14.3. The Balaban J connectivity index is 2.44. The average Bonchev–Trinajstić information content (AvgIpc) is 2.56. The molecule has 2 aromatic rings. The molecule has 24 heavy (non-hydrogen) atoms. The second-order valence-electron chi connectivity index (χ2n) is 4.95. The predicted molar refractivity (Wildman–Crippen MR) is 97.5 cm³/mol. The molecule has 0 saturated heterocycles. The van der Waals surface area contributed by atoms with Gasteiger partial charge in [-0.15, -0.1) is 0 Å². The van der Waals surface area contributed by atoms with Gasteiger partial charge in [0.25, 0.3) is 0 Å². The molecule has 0 aromatic heterocycles. The van der Waals surface area contributed by atoms with E-state index in [1.54, 1.807) is 13.8 Å². The van der Waals surface area contributed by atoms with E-state index in [2.05, 4.69) is 5.09 Å². The summed E-state index contributed by atoms with van der Waals surface area (Å²) in [5, 5.41) is 2.95. The van der Waals surface area contributed by atoms with E-state index >= 15 is 0 Å². The van der Waals surface area contributed by atoms with Crippen LogP contribution < -0.4 is 9.82 Å². The van der Waals surface area contributed by atoms with Gasteiger partial charge in [0.2, 0.25) is 0 Å². The van der Waals surface area contributed by atoms with Crippen molar-refractivity contribution in [3.63, 3.8) is 0 Å². The summed E-state index contributed by atoms with van der Waals surface area (Å²) in [5.74, 6) is 0.694. The van der Waals surface area contributed by atoms with Crippen molar-refractivity contribution >= 4 is 13.4 Å². The van der Waals surface area contributed by atoms with Crippen molar-refractivity contribution in [3.05, 3.63) is 48.5 Å². The molecule has 5 nitrogen and oxygen atoms in total. The van der Waals surface area contributed by atoms with Crippen LogP contribution in [0.15, 0.2) is 48.5 Å². The van der Waals surface area contributed by atoms with E-state index in [9.17, 15) is 4.57 Å². The molecule has 0 radical (unpaired) electrons. The molecule has 0 atom stereocenters. The lowest BCUT2D eigenvalue weighted by atomic mass is 10.0. The Labute approximate surface area is 143 Å². The molecule has 0 aliphatic heterocycles. The molecule has 0 heterocycles. The highest BCUT2D eigenvalue weighted by molar-refractivity contribution is 7.55. The van der Waals surface area contributed by atoms with Crippen LogP contribution in [0.5, 0.6) is 5.75 Å². The molecule has 0 saturated carbocycles. The Bertz CT molecular complexity index is 681. The zero-order valence-corrected chi connectivity index (χ0v) is 15.2. The average molecular weight is 349 g/mol. The molecule has 6 heteroatoms. The number of anilines is 1. The molecule has 0 spiro atoms. The second-order valence-corrected chi connectivity index (χ2v) is 6.69. The van der Waals surface area contributed by atoms with E-state index in [1.165, 1.54) is 0 Å². The van der Waals surface area contributed by atoms with E-state index in [4.69, 9.17) is 13.8 Å². The minimum atomic E-state index is -3.43. The van der Waals surface area contributed by atoms with E-state index in [1.807, 2.05) is 55.5 Å². The van der Waals surface area contributed by atoms with Gasteiger partial charge in [-0.1, -0.05) is 30.3 Å². The highest BCUT2D eigenvalue weighted by Gasteiger charge is 2.25. The lowest BCUT2D eigenvalue weighted by Gasteiger charge is -2.21.